The molecule has 0 saturated carbocycles. The van der Waals surface area contributed by atoms with Crippen LogP contribution in [0.4, 0.5) is 10.6 Å². The Labute approximate surface area is 298 Å². The van der Waals surface area contributed by atoms with Crippen molar-refractivity contribution in [1.29, 1.82) is 0 Å². The maximum atomic E-state index is 11.9. The molecule has 260 valence electrons. The molecule has 2 aromatic carbocycles. The van der Waals surface area contributed by atoms with Gasteiger partial charge in [0.05, 0.1) is 22.7 Å². The van der Waals surface area contributed by atoms with E-state index in [0.717, 1.165) is 44.6 Å². The van der Waals surface area contributed by atoms with E-state index in [1.54, 1.807) is 38.9 Å². The van der Waals surface area contributed by atoms with Gasteiger partial charge in [0.1, 0.15) is 41.6 Å². The molecule has 5 aromatic heterocycles. The summed E-state index contributed by atoms with van der Waals surface area (Å²) < 4.78 is 15.2. The van der Waals surface area contributed by atoms with Gasteiger partial charge in [-0.1, -0.05) is 35.9 Å². The van der Waals surface area contributed by atoms with Crippen LogP contribution in [0.25, 0.3) is 38.8 Å². The number of ether oxygens (including phenoxy) is 2. The van der Waals surface area contributed by atoms with Crippen molar-refractivity contribution in [2.45, 2.75) is 27.1 Å². The van der Waals surface area contributed by atoms with E-state index in [1.165, 1.54) is 11.1 Å². The van der Waals surface area contributed by atoms with Crippen LogP contribution < -0.4 is 10.5 Å². The number of phenols is 1. The summed E-state index contributed by atoms with van der Waals surface area (Å²) >= 11 is 6.42. The van der Waals surface area contributed by atoms with Crippen molar-refractivity contribution < 1.29 is 19.4 Å². The highest BCUT2D eigenvalue weighted by molar-refractivity contribution is 6.31. The third-order valence-corrected chi connectivity index (χ3v) is 8.42. The Balaban J connectivity index is 0.000000219. The first-order chi connectivity index (χ1) is 24.5. The number of halogens is 1. The molecule has 51 heavy (non-hydrogen) atoms. The molecule has 0 atom stereocenters. The van der Waals surface area contributed by atoms with Crippen molar-refractivity contribution in [3.05, 3.63) is 113 Å². The van der Waals surface area contributed by atoms with E-state index in [1.807, 2.05) is 84.9 Å². The molecule has 14 heteroatoms. The lowest BCUT2D eigenvalue weighted by Crippen LogP contribution is -2.23. The molecular formula is C37H36ClN9O4. The highest BCUT2D eigenvalue weighted by Crippen LogP contribution is 2.34. The van der Waals surface area contributed by atoms with Crippen molar-refractivity contribution in [2.75, 3.05) is 19.8 Å². The van der Waals surface area contributed by atoms with Crippen LogP contribution in [0.15, 0.2) is 85.7 Å². The van der Waals surface area contributed by atoms with E-state index in [-0.39, 0.29) is 24.8 Å². The maximum absolute atomic E-state index is 11.9. The predicted octanol–water partition coefficient (Wildman–Crippen LogP) is 6.79. The first kappa shape index (κ1) is 34.6. The number of imidazole rings is 1. The van der Waals surface area contributed by atoms with Crippen molar-refractivity contribution >= 4 is 45.3 Å². The zero-order valence-electron chi connectivity index (χ0n) is 28.7. The Morgan fingerprint density at radius 2 is 1.71 bits per heavy atom. The van der Waals surface area contributed by atoms with Crippen LogP contribution in [0.3, 0.4) is 0 Å². The normalized spacial score (nSPS) is 10.9. The molecule has 0 fully saturated rings. The van der Waals surface area contributed by atoms with Crippen molar-refractivity contribution in [1.82, 2.24) is 39.2 Å². The topological polar surface area (TPSA) is 159 Å². The van der Waals surface area contributed by atoms with Gasteiger partial charge in [-0.3, -0.25) is 4.68 Å². The number of para-hydroxylation sites is 2. The zero-order chi connectivity index (χ0) is 36.2. The Morgan fingerprint density at radius 3 is 2.43 bits per heavy atom. The number of carbonyl (C=O) groups excluding carboxylic acids is 1. The fourth-order valence-corrected chi connectivity index (χ4v) is 5.80. The molecule has 0 radical (unpaired) electrons. The number of nitrogens with zero attached hydrogens (tertiary/aromatic N) is 8. The zero-order valence-corrected chi connectivity index (χ0v) is 29.5. The summed E-state index contributed by atoms with van der Waals surface area (Å²) in [5.74, 6) is 1.01. The first-order valence-electron chi connectivity index (χ1n) is 15.9. The summed E-state index contributed by atoms with van der Waals surface area (Å²) in [7, 11) is 5.10. The Morgan fingerprint density at radius 1 is 0.961 bits per heavy atom. The quantitative estimate of drug-likeness (QED) is 0.181. The predicted molar refractivity (Wildman–Crippen MR) is 196 cm³/mol. The van der Waals surface area contributed by atoms with E-state index < -0.39 is 6.09 Å². The molecule has 1 amide bonds. The summed E-state index contributed by atoms with van der Waals surface area (Å²) in [6, 6.07) is 17.1. The maximum Gasteiger partial charge on any atom is 0.409 e. The highest BCUT2D eigenvalue weighted by atomic mass is 35.5. The third kappa shape index (κ3) is 7.38. The van der Waals surface area contributed by atoms with Gasteiger partial charge in [0, 0.05) is 84.8 Å². The second-order valence-corrected chi connectivity index (χ2v) is 12.3. The number of aromatic hydroxyl groups is 1. The lowest BCUT2D eigenvalue weighted by Gasteiger charge is -2.17. The summed E-state index contributed by atoms with van der Waals surface area (Å²) in [4.78, 5) is 30.4. The van der Waals surface area contributed by atoms with E-state index in [4.69, 9.17) is 31.8 Å². The van der Waals surface area contributed by atoms with Crippen LogP contribution in [0.5, 0.6) is 11.5 Å². The molecule has 0 bridgehead atoms. The first-order valence-corrected chi connectivity index (χ1v) is 16.2. The fraction of sp³-hybridized carbons (Fsp3) is 0.189. The molecular weight excluding hydrogens is 670 g/mol. The number of nitrogens with two attached hydrogens (primary N) is 1. The number of rotatable bonds is 7. The van der Waals surface area contributed by atoms with Crippen LogP contribution in [0.1, 0.15) is 22.5 Å². The summed E-state index contributed by atoms with van der Waals surface area (Å²) in [5, 5.41) is 16.3. The van der Waals surface area contributed by atoms with Gasteiger partial charge in [-0.25, -0.2) is 24.7 Å². The van der Waals surface area contributed by atoms with Crippen molar-refractivity contribution in [2.24, 2.45) is 7.05 Å². The number of pyridine rings is 3. The van der Waals surface area contributed by atoms with Crippen LogP contribution in [-0.4, -0.2) is 64.5 Å². The molecule has 7 rings (SSSR count). The lowest BCUT2D eigenvalue weighted by atomic mass is 10.0. The minimum Gasteiger partial charge on any atom is -0.506 e. The van der Waals surface area contributed by atoms with Gasteiger partial charge in [0.25, 0.3) is 0 Å². The number of amides is 1. The number of hydrogen-bond donors (Lipinski definition) is 2. The number of phenolic OH excluding ortho intramolecular Hbond substituents is 1. The number of nitrogen functional groups attached to an aromatic ring is 1. The average molecular weight is 706 g/mol. The highest BCUT2D eigenvalue weighted by Gasteiger charge is 2.18. The summed E-state index contributed by atoms with van der Waals surface area (Å²) in [5.41, 5.74) is 13.2. The second kappa shape index (κ2) is 14.7. The summed E-state index contributed by atoms with van der Waals surface area (Å²) in [6.07, 6.45) is 8.06. The Bertz CT molecular complexity index is 2360. The van der Waals surface area contributed by atoms with Gasteiger partial charge in [-0.2, -0.15) is 5.10 Å². The molecule has 0 unspecified atom stereocenters. The van der Waals surface area contributed by atoms with Gasteiger partial charge in [-0.15, -0.1) is 0 Å². The molecule has 0 saturated heterocycles. The number of anilines is 1. The van der Waals surface area contributed by atoms with Gasteiger partial charge in [0.15, 0.2) is 0 Å². The number of benzene rings is 2. The van der Waals surface area contributed by atoms with E-state index in [9.17, 15) is 9.90 Å². The van der Waals surface area contributed by atoms with Gasteiger partial charge < -0.3 is 29.8 Å². The van der Waals surface area contributed by atoms with Crippen molar-refractivity contribution in [3.8, 4) is 28.4 Å². The van der Waals surface area contributed by atoms with Crippen LogP contribution >= 0.6 is 11.6 Å². The Hall–Kier alpha value is -6.21. The van der Waals surface area contributed by atoms with Crippen LogP contribution in [0, 0.1) is 13.8 Å². The monoisotopic (exact) mass is 705 g/mol. The number of aryl methyl sites for hydroxylation is 3. The molecule has 0 aliphatic carbocycles. The van der Waals surface area contributed by atoms with Crippen LogP contribution in [0.2, 0.25) is 5.02 Å². The number of fused-ring (bicyclic) bond motifs is 2. The van der Waals surface area contributed by atoms with Gasteiger partial charge in [-0.05, 0) is 44.2 Å². The smallest absolute Gasteiger partial charge is 0.409 e. The average Bonchev–Trinajstić information content (AvgIpc) is 3.80. The third-order valence-electron chi connectivity index (χ3n) is 8.09. The fourth-order valence-electron chi connectivity index (χ4n) is 5.58. The SMILES string of the molecule is Cc1cc(-c2ccnn2C)c2cccc(OCc3c(Cl)cnc(N)c3COC(=O)N(C)C)c2n1.Cc1cc(-n2ccnc2)c2cccc(O)c2n1. The minimum atomic E-state index is -0.498. The van der Waals surface area contributed by atoms with Crippen molar-refractivity contribution in [3.63, 3.8) is 0 Å². The van der Waals surface area contributed by atoms with Crippen LogP contribution in [-0.2, 0) is 25.0 Å². The standard InChI is InChI=1S/C24H25ClN6O3.C13H11N3O/c1-14-10-16(20-8-9-28-31(20)4)15-6-5-7-21(22(15)29-14)33-12-17-18(13-34-24(32)30(2)3)23(26)27-11-19(17)25;1-9-7-11(16-6-5-14-8-16)10-3-2-4-12(17)13(10)15-9/h5-11H,12-13H2,1-4H3,(H2,26,27);2-8,17H,1H3. The number of hydrogen-bond acceptors (Lipinski definition) is 10. The minimum absolute atomic E-state index is 0.0768. The molecule has 0 aliphatic heterocycles. The van der Waals surface area contributed by atoms with E-state index in [0.29, 0.717) is 27.4 Å². The van der Waals surface area contributed by atoms with Gasteiger partial charge in [0.2, 0.25) is 0 Å². The second-order valence-electron chi connectivity index (χ2n) is 11.9. The molecule has 0 aliphatic rings. The lowest BCUT2D eigenvalue weighted by molar-refractivity contribution is 0.111. The molecule has 0 spiro atoms. The van der Waals surface area contributed by atoms with Gasteiger partial charge >= 0.3 is 6.09 Å². The molecule has 3 N–H and O–H groups in total. The molecule has 13 nitrogen and oxygen atoms in total. The van der Waals surface area contributed by atoms with E-state index >= 15 is 0 Å². The van der Waals surface area contributed by atoms with E-state index in [2.05, 4.69) is 20.1 Å². The molecule has 7 aromatic rings. The molecule has 5 heterocycles. The number of carbonyl (C=O) groups is 1. The largest absolute Gasteiger partial charge is 0.506 e. The number of aromatic nitrogens is 7. The summed E-state index contributed by atoms with van der Waals surface area (Å²) in [6.45, 7) is 3.86. The Kier molecular flexibility index (Phi) is 10.0.